The summed E-state index contributed by atoms with van der Waals surface area (Å²) in [6.45, 7) is 7.66. The summed E-state index contributed by atoms with van der Waals surface area (Å²) < 4.78 is 86.9. The lowest BCUT2D eigenvalue weighted by Gasteiger charge is -2.37. The molecule has 0 radical (unpaired) electrons. The number of likely N-dealkylation sites (N-methyl/N-ethyl adjacent to an activating group) is 1. The summed E-state index contributed by atoms with van der Waals surface area (Å²) in [5, 5.41) is 6.53. The smallest absolute Gasteiger partial charge is 0.417 e. The van der Waals surface area contributed by atoms with Crippen LogP contribution in [0.2, 0.25) is 0 Å². The Morgan fingerprint density at radius 3 is 2.62 bits per heavy atom. The number of nitrogens with one attached hydrogen (secondary N) is 2. The van der Waals surface area contributed by atoms with Gasteiger partial charge in [0.25, 0.3) is 0 Å². The number of anilines is 2. The molecule has 3 aliphatic rings. The van der Waals surface area contributed by atoms with Crippen molar-refractivity contribution in [2.45, 2.75) is 64.4 Å². The lowest BCUT2D eigenvalue weighted by molar-refractivity contribution is -0.139. The Morgan fingerprint density at radius 2 is 1.88 bits per heavy atom. The zero-order valence-electron chi connectivity index (χ0n) is 27.2. The average Bonchev–Trinajstić information content (AvgIpc) is 3.43. The molecule has 4 atom stereocenters. The van der Waals surface area contributed by atoms with Crippen molar-refractivity contribution in [1.29, 1.82) is 0 Å². The van der Waals surface area contributed by atoms with Gasteiger partial charge in [-0.05, 0) is 57.2 Å². The molecule has 1 aromatic carbocycles. The Morgan fingerprint density at radius 1 is 1.10 bits per heavy atom. The fourth-order valence-corrected chi connectivity index (χ4v) is 6.97. The first-order valence-corrected chi connectivity index (χ1v) is 16.1. The van der Waals surface area contributed by atoms with Crippen molar-refractivity contribution in [3.05, 3.63) is 28.8 Å². The number of carbonyl (C=O) groups excluding carboxylic acids is 1. The summed E-state index contributed by atoms with van der Waals surface area (Å²) in [7, 11) is 1.77. The van der Waals surface area contributed by atoms with Crippen molar-refractivity contribution in [2.24, 2.45) is 5.92 Å². The molecule has 0 spiro atoms. The van der Waals surface area contributed by atoms with Crippen LogP contribution in [0.1, 0.15) is 44.2 Å². The van der Waals surface area contributed by atoms with Crippen LogP contribution in [0.15, 0.2) is 6.07 Å². The highest BCUT2D eigenvalue weighted by atomic mass is 19.4. The molecule has 3 aliphatic heterocycles. The SMILES string of the molecule is Cc1c(F)c(N)cc(-c2nc3c4c(nc(OCC5CC[C@H]6C(=O)N(C)CCN56)nc4c2F)NCCNCC(C)C[C@H](C)O3)c1C(F)(F)F. The number of carbonyl (C=O) groups is 1. The van der Waals surface area contributed by atoms with Gasteiger partial charge >= 0.3 is 12.2 Å². The summed E-state index contributed by atoms with van der Waals surface area (Å²) in [6, 6.07) is 0.142. The standard InChI is InChI=1S/C32H39F5N8O3/c1-15-11-16(2)48-29-22-27(25(34)26(41-29)19-12-20(38)24(33)17(3)23(19)32(35,36)37)42-31(43-28(22)40-8-7-39-13-15)47-14-18-5-6-21-30(46)44(4)9-10-45(18)21/h12,15-16,18,21,39H,5-11,13-14,38H2,1-4H3,(H,40,42,43)/t15?,16-,18?,21-/m0/s1. The van der Waals surface area contributed by atoms with Crippen LogP contribution in [-0.2, 0) is 11.0 Å². The van der Waals surface area contributed by atoms with Crippen LogP contribution in [0.25, 0.3) is 22.2 Å². The van der Waals surface area contributed by atoms with Crippen LogP contribution in [0, 0.1) is 24.5 Å². The number of aromatic nitrogens is 3. The van der Waals surface area contributed by atoms with Gasteiger partial charge in [0.15, 0.2) is 5.82 Å². The van der Waals surface area contributed by atoms with Gasteiger partial charge in [-0.3, -0.25) is 9.69 Å². The minimum Gasteiger partial charge on any atom is -0.474 e. The minimum atomic E-state index is -5.07. The third-order valence-electron chi connectivity index (χ3n) is 9.33. The lowest BCUT2D eigenvalue weighted by Crippen LogP contribution is -2.55. The van der Waals surface area contributed by atoms with Crippen LogP contribution in [0.5, 0.6) is 11.9 Å². The molecule has 6 rings (SSSR count). The Kier molecular flexibility index (Phi) is 9.24. The number of hydrogen-bond acceptors (Lipinski definition) is 10. The van der Waals surface area contributed by atoms with E-state index in [1.54, 1.807) is 18.9 Å². The molecule has 2 aromatic heterocycles. The molecule has 260 valence electrons. The minimum absolute atomic E-state index is 0.0228. The number of halogens is 5. The first-order valence-electron chi connectivity index (χ1n) is 16.1. The molecule has 2 fully saturated rings. The van der Waals surface area contributed by atoms with E-state index < -0.39 is 52.0 Å². The second-order valence-electron chi connectivity index (χ2n) is 12.9. The van der Waals surface area contributed by atoms with E-state index in [1.807, 2.05) is 6.92 Å². The zero-order chi connectivity index (χ0) is 34.5. The van der Waals surface area contributed by atoms with Gasteiger partial charge in [-0.1, -0.05) is 6.92 Å². The van der Waals surface area contributed by atoms with Gasteiger partial charge in [0.2, 0.25) is 11.8 Å². The van der Waals surface area contributed by atoms with Crippen molar-refractivity contribution < 1.29 is 36.2 Å². The molecule has 0 saturated carbocycles. The van der Waals surface area contributed by atoms with Crippen molar-refractivity contribution in [2.75, 3.05) is 57.4 Å². The second kappa shape index (κ2) is 13.1. The summed E-state index contributed by atoms with van der Waals surface area (Å²) in [5.41, 5.74) is 1.09. The topological polar surface area (TPSA) is 131 Å². The molecule has 4 N–H and O–H groups in total. The van der Waals surface area contributed by atoms with Gasteiger partial charge in [0.05, 0.1) is 23.4 Å². The molecule has 1 amide bonds. The summed E-state index contributed by atoms with van der Waals surface area (Å²) >= 11 is 0. The first-order chi connectivity index (χ1) is 22.7. The number of nitrogens with zero attached hydrogens (tertiary/aromatic N) is 5. The fraction of sp³-hybridized carbons (Fsp3) is 0.562. The van der Waals surface area contributed by atoms with Crippen molar-refractivity contribution in [3.63, 3.8) is 0 Å². The summed E-state index contributed by atoms with van der Waals surface area (Å²) in [5.74, 6) is -2.31. The van der Waals surface area contributed by atoms with Crippen molar-refractivity contribution in [3.8, 4) is 23.1 Å². The summed E-state index contributed by atoms with van der Waals surface area (Å²) in [6.07, 6.45) is -3.64. The number of amides is 1. The summed E-state index contributed by atoms with van der Waals surface area (Å²) in [4.78, 5) is 29.6. The number of nitrogen functional groups attached to an aromatic ring is 1. The second-order valence-corrected chi connectivity index (χ2v) is 12.9. The first kappa shape index (κ1) is 33.8. The molecule has 2 unspecified atom stereocenters. The van der Waals surface area contributed by atoms with E-state index in [-0.39, 0.29) is 59.1 Å². The van der Waals surface area contributed by atoms with Gasteiger partial charge < -0.3 is 30.7 Å². The third-order valence-corrected chi connectivity index (χ3v) is 9.33. The Labute approximate surface area is 274 Å². The molecule has 2 saturated heterocycles. The fourth-order valence-electron chi connectivity index (χ4n) is 6.97. The average molecular weight is 679 g/mol. The monoisotopic (exact) mass is 678 g/mol. The van der Waals surface area contributed by atoms with Crippen molar-refractivity contribution in [1.82, 2.24) is 30.1 Å². The number of fused-ring (bicyclic) bond motifs is 1. The number of alkyl halides is 3. The maximum atomic E-state index is 16.7. The Balaban J connectivity index is 1.49. The number of pyridine rings is 1. The van der Waals surface area contributed by atoms with Crippen LogP contribution >= 0.6 is 0 Å². The molecule has 48 heavy (non-hydrogen) atoms. The quantitative estimate of drug-likeness (QED) is 0.270. The molecular formula is C32H39F5N8O3. The molecule has 0 aliphatic carbocycles. The number of benzene rings is 1. The maximum Gasteiger partial charge on any atom is 0.417 e. The van der Waals surface area contributed by atoms with Gasteiger partial charge in [0.1, 0.15) is 34.8 Å². The van der Waals surface area contributed by atoms with E-state index in [0.29, 0.717) is 52.0 Å². The number of ether oxygens (including phenoxy) is 2. The van der Waals surface area contributed by atoms with Gasteiger partial charge in [-0.25, -0.2) is 13.8 Å². The van der Waals surface area contributed by atoms with Crippen LogP contribution in [0.4, 0.5) is 33.5 Å². The predicted molar refractivity (Wildman–Crippen MR) is 169 cm³/mol. The highest BCUT2D eigenvalue weighted by Crippen LogP contribution is 2.45. The maximum absolute atomic E-state index is 16.7. The normalized spacial score (nSPS) is 24.0. The molecule has 0 bridgehead atoms. The van der Waals surface area contributed by atoms with E-state index >= 15 is 4.39 Å². The molecule has 5 heterocycles. The highest BCUT2D eigenvalue weighted by molar-refractivity contribution is 5.96. The molecule has 16 heteroatoms. The van der Waals surface area contributed by atoms with Gasteiger partial charge in [-0.15, -0.1) is 0 Å². The largest absolute Gasteiger partial charge is 0.474 e. The number of nitrogens with two attached hydrogens (primary N) is 1. The van der Waals surface area contributed by atoms with Gasteiger partial charge in [0, 0.05) is 44.8 Å². The zero-order valence-corrected chi connectivity index (χ0v) is 27.2. The van der Waals surface area contributed by atoms with E-state index in [9.17, 15) is 22.4 Å². The van der Waals surface area contributed by atoms with Crippen LogP contribution in [0.3, 0.4) is 0 Å². The van der Waals surface area contributed by atoms with Crippen LogP contribution < -0.4 is 25.8 Å². The van der Waals surface area contributed by atoms with Gasteiger partial charge in [-0.2, -0.15) is 23.1 Å². The molecule has 11 nitrogen and oxygen atoms in total. The number of piperazine rings is 1. The van der Waals surface area contributed by atoms with E-state index in [4.69, 9.17) is 15.2 Å². The van der Waals surface area contributed by atoms with E-state index in [2.05, 4.69) is 30.5 Å². The van der Waals surface area contributed by atoms with Crippen molar-refractivity contribution >= 4 is 28.3 Å². The van der Waals surface area contributed by atoms with E-state index in [0.717, 1.165) is 13.0 Å². The third kappa shape index (κ3) is 6.39. The van der Waals surface area contributed by atoms with Crippen LogP contribution in [-0.4, -0.2) is 95.2 Å². The predicted octanol–water partition coefficient (Wildman–Crippen LogP) is 4.37. The number of rotatable bonds is 4. The molecule has 3 aromatic rings. The Bertz CT molecular complexity index is 1720. The highest BCUT2D eigenvalue weighted by Gasteiger charge is 2.42. The Hall–Kier alpha value is -4.05. The lowest BCUT2D eigenvalue weighted by atomic mass is 9.96. The van der Waals surface area contributed by atoms with E-state index in [1.165, 1.54) is 0 Å². The number of hydrogen-bond donors (Lipinski definition) is 3. The molecular weight excluding hydrogens is 639 g/mol.